The molecule has 0 saturated carbocycles. The van der Waals surface area contributed by atoms with Gasteiger partial charge in [0, 0.05) is 5.54 Å². The second-order valence-corrected chi connectivity index (χ2v) is 20.7. The van der Waals surface area contributed by atoms with Crippen LogP contribution in [0.5, 0.6) is 0 Å². The highest BCUT2D eigenvalue weighted by Gasteiger charge is 2.46. The Hall–Kier alpha value is -2.64. The lowest BCUT2D eigenvalue weighted by Gasteiger charge is -2.34. The normalized spacial score (nSPS) is 17.7. The predicted octanol–water partition coefficient (Wildman–Crippen LogP) is 11.5. The molecule has 0 spiro atoms. The van der Waals surface area contributed by atoms with Gasteiger partial charge in [-0.25, -0.2) is 0 Å². The summed E-state index contributed by atoms with van der Waals surface area (Å²) in [5.74, 6) is 0. The lowest BCUT2D eigenvalue weighted by atomic mass is 9.82. The van der Waals surface area contributed by atoms with Crippen molar-refractivity contribution in [3.8, 4) is 22.3 Å². The third kappa shape index (κ3) is 4.89. The molecular weight excluding hydrogens is 497 g/mol. The Morgan fingerprint density at radius 3 is 1.80 bits per heavy atom. The summed E-state index contributed by atoms with van der Waals surface area (Å²) in [4.78, 5) is 0. The molecule has 1 atom stereocenters. The first-order valence-electron chi connectivity index (χ1n) is 15.2. The molecule has 0 radical (unpaired) electrons. The van der Waals surface area contributed by atoms with Gasteiger partial charge in [0.05, 0.1) is 8.07 Å². The highest BCUT2D eigenvalue weighted by molar-refractivity contribution is 6.87. The molecule has 0 aliphatic heterocycles. The van der Waals surface area contributed by atoms with Gasteiger partial charge in [0.25, 0.3) is 0 Å². The summed E-state index contributed by atoms with van der Waals surface area (Å²) in [7, 11) is -2.01. The van der Waals surface area contributed by atoms with Crippen LogP contribution in [-0.4, -0.2) is 8.07 Å². The number of rotatable bonds is 3. The fourth-order valence-corrected chi connectivity index (χ4v) is 11.1. The summed E-state index contributed by atoms with van der Waals surface area (Å²) < 4.78 is 0. The van der Waals surface area contributed by atoms with Crippen LogP contribution < -0.4 is 0 Å². The van der Waals surface area contributed by atoms with E-state index in [4.69, 9.17) is 0 Å². The Morgan fingerprint density at radius 2 is 1.25 bits per heavy atom. The predicted molar refractivity (Wildman–Crippen MR) is 179 cm³/mol. The number of hydrogen-bond donors (Lipinski definition) is 0. The Balaban J connectivity index is 1.85. The van der Waals surface area contributed by atoms with Gasteiger partial charge < -0.3 is 0 Å². The zero-order valence-electron chi connectivity index (χ0n) is 27.1. The summed E-state index contributed by atoms with van der Waals surface area (Å²) in [5.41, 5.74) is 15.6. The van der Waals surface area contributed by atoms with Gasteiger partial charge >= 0.3 is 0 Å². The van der Waals surface area contributed by atoms with Gasteiger partial charge in [-0.2, -0.15) is 0 Å². The maximum absolute atomic E-state index is 2.65. The van der Waals surface area contributed by atoms with Gasteiger partial charge in [0.15, 0.2) is 0 Å². The van der Waals surface area contributed by atoms with Crippen LogP contribution in [0.4, 0.5) is 0 Å². The van der Waals surface area contributed by atoms with Crippen molar-refractivity contribution in [3.63, 3.8) is 0 Å². The van der Waals surface area contributed by atoms with E-state index in [9.17, 15) is 0 Å². The van der Waals surface area contributed by atoms with Gasteiger partial charge in [-0.3, -0.25) is 0 Å². The zero-order chi connectivity index (χ0) is 29.4. The Labute approximate surface area is 245 Å². The van der Waals surface area contributed by atoms with Crippen molar-refractivity contribution in [1.29, 1.82) is 0 Å². The molecule has 1 heteroatoms. The Kier molecular flexibility index (Phi) is 6.82. The SMILES string of the molecule is CC1=C([Si](C)(C)C2c3cc(C(C)(C)C)ccc3-c3c(-c4ccccc4)cc(C(C)(C)C)cc32)C=C(C(C)(C)C)C1. The quantitative estimate of drug-likeness (QED) is 0.287. The largest absolute Gasteiger partial charge is 0.0927 e. The Bertz CT molecular complexity index is 1520. The smallest absolute Gasteiger partial charge is 0.0699 e. The van der Waals surface area contributed by atoms with Crippen LogP contribution in [-0.2, 0) is 10.8 Å². The first-order valence-corrected chi connectivity index (χ1v) is 18.3. The molecule has 0 bridgehead atoms. The van der Waals surface area contributed by atoms with Crippen LogP contribution in [0.15, 0.2) is 83.1 Å². The number of fused-ring (bicyclic) bond motifs is 3. The summed E-state index contributed by atoms with van der Waals surface area (Å²) in [6, 6.07) is 23.6. The van der Waals surface area contributed by atoms with E-state index >= 15 is 0 Å². The fourth-order valence-electron chi connectivity index (χ4n) is 7.01. The highest BCUT2D eigenvalue weighted by atomic mass is 28.3. The molecule has 40 heavy (non-hydrogen) atoms. The molecule has 3 aromatic rings. The molecule has 0 nitrogen and oxygen atoms in total. The molecule has 2 aliphatic carbocycles. The third-order valence-corrected chi connectivity index (χ3v) is 13.6. The average molecular weight is 547 g/mol. The van der Waals surface area contributed by atoms with Crippen molar-refractivity contribution < 1.29 is 0 Å². The van der Waals surface area contributed by atoms with E-state index in [0.29, 0.717) is 5.54 Å². The van der Waals surface area contributed by atoms with Gasteiger partial charge in [0.2, 0.25) is 0 Å². The fraction of sp³-hybridized carbons (Fsp3) is 0.436. The van der Waals surface area contributed by atoms with E-state index in [1.54, 1.807) is 27.5 Å². The maximum atomic E-state index is 2.65. The van der Waals surface area contributed by atoms with Crippen LogP contribution in [0.1, 0.15) is 103 Å². The van der Waals surface area contributed by atoms with Crippen LogP contribution >= 0.6 is 0 Å². The molecule has 0 saturated heterocycles. The summed E-state index contributed by atoms with van der Waals surface area (Å²) in [6.07, 6.45) is 3.75. The average Bonchev–Trinajstić information content (AvgIpc) is 3.41. The summed E-state index contributed by atoms with van der Waals surface area (Å²) in [5, 5.41) is 1.67. The van der Waals surface area contributed by atoms with Crippen molar-refractivity contribution >= 4 is 8.07 Å². The van der Waals surface area contributed by atoms with Crippen LogP contribution in [0.2, 0.25) is 13.1 Å². The van der Waals surface area contributed by atoms with Crippen molar-refractivity contribution in [2.45, 2.75) is 105 Å². The monoisotopic (exact) mass is 546 g/mol. The van der Waals surface area contributed by atoms with E-state index < -0.39 is 8.07 Å². The van der Waals surface area contributed by atoms with E-state index in [1.165, 1.54) is 33.4 Å². The molecule has 2 aliphatic rings. The van der Waals surface area contributed by atoms with Crippen LogP contribution in [0, 0.1) is 5.41 Å². The standard InChI is InChI=1S/C39H50Si/c1-25-20-28(38(5,6)7)24-34(25)40(11,12)36-32-21-27(37(2,3)4)18-19-30(32)35-31(26-16-14-13-15-17-26)22-29(23-33(35)36)39(8,9)10/h13-19,21-24,36H,20H2,1-12H3. The Morgan fingerprint density at radius 1 is 0.650 bits per heavy atom. The summed E-state index contributed by atoms with van der Waals surface area (Å²) in [6.45, 7) is 29.0. The molecule has 210 valence electrons. The van der Waals surface area contributed by atoms with E-state index in [1.807, 2.05) is 0 Å². The molecule has 0 amide bonds. The number of allylic oxidation sites excluding steroid dienone is 4. The van der Waals surface area contributed by atoms with E-state index in [0.717, 1.165) is 6.42 Å². The number of hydrogen-bond acceptors (Lipinski definition) is 0. The lowest BCUT2D eigenvalue weighted by molar-refractivity contribution is 0.494. The molecule has 3 aromatic carbocycles. The minimum atomic E-state index is -2.01. The molecular formula is C39H50Si. The maximum Gasteiger partial charge on any atom is 0.0927 e. The molecule has 1 unspecified atom stereocenters. The van der Waals surface area contributed by atoms with Gasteiger partial charge in [-0.15, -0.1) is 0 Å². The van der Waals surface area contributed by atoms with E-state index in [2.05, 4.69) is 149 Å². The van der Waals surface area contributed by atoms with Gasteiger partial charge in [0.1, 0.15) is 0 Å². The molecule has 0 heterocycles. The molecule has 0 fully saturated rings. The zero-order valence-corrected chi connectivity index (χ0v) is 28.1. The van der Waals surface area contributed by atoms with Crippen LogP contribution in [0.3, 0.4) is 0 Å². The van der Waals surface area contributed by atoms with Crippen molar-refractivity contribution in [2.24, 2.45) is 5.41 Å². The molecule has 0 aromatic heterocycles. The topological polar surface area (TPSA) is 0 Å². The first kappa shape index (κ1) is 28.9. The lowest BCUT2D eigenvalue weighted by Crippen LogP contribution is -2.37. The second-order valence-electron chi connectivity index (χ2n) is 16.1. The summed E-state index contributed by atoms with van der Waals surface area (Å²) >= 11 is 0. The minimum absolute atomic E-state index is 0.0714. The molecule has 5 rings (SSSR count). The van der Waals surface area contributed by atoms with E-state index in [-0.39, 0.29) is 16.2 Å². The first-order chi connectivity index (χ1) is 18.4. The third-order valence-electron chi connectivity index (χ3n) is 9.54. The van der Waals surface area contributed by atoms with Crippen molar-refractivity contribution in [3.05, 3.63) is 105 Å². The van der Waals surface area contributed by atoms with Crippen molar-refractivity contribution in [2.75, 3.05) is 0 Å². The van der Waals surface area contributed by atoms with Crippen LogP contribution in [0.25, 0.3) is 22.3 Å². The highest BCUT2D eigenvalue weighted by Crippen LogP contribution is 2.56. The van der Waals surface area contributed by atoms with Gasteiger partial charge in [-0.1, -0.05) is 152 Å². The number of benzene rings is 3. The van der Waals surface area contributed by atoms with Crippen molar-refractivity contribution in [1.82, 2.24) is 0 Å². The molecule has 0 N–H and O–H groups in total. The van der Waals surface area contributed by atoms with Gasteiger partial charge in [-0.05, 0) is 80.2 Å². The second kappa shape index (κ2) is 9.45. The minimum Gasteiger partial charge on any atom is -0.0699 e.